The molecule has 1 aromatic heterocycles. The van der Waals surface area contributed by atoms with Gasteiger partial charge >= 0.3 is 0 Å². The van der Waals surface area contributed by atoms with Crippen molar-refractivity contribution in [2.45, 2.75) is 20.0 Å². The van der Waals surface area contributed by atoms with Crippen molar-refractivity contribution in [1.29, 1.82) is 0 Å². The second-order valence-corrected chi connectivity index (χ2v) is 4.35. The minimum Gasteiger partial charge on any atom is -0.486 e. The first-order valence-electron chi connectivity index (χ1n) is 6.52. The fourth-order valence-corrected chi connectivity index (χ4v) is 1.72. The fourth-order valence-electron chi connectivity index (χ4n) is 1.72. The number of nitrogens with zero attached hydrogens (tertiary/aromatic N) is 1. The fraction of sp³-hybridized carbons (Fsp3) is 0.188. The number of ether oxygens (including phenoxy) is 1. The molecule has 1 heterocycles. The lowest BCUT2D eigenvalue weighted by molar-refractivity contribution is 0.300. The molecule has 2 nitrogen and oxygen atoms in total. The molecular weight excluding hydrogens is 252 g/mol. The third-order valence-corrected chi connectivity index (χ3v) is 2.83. The molecule has 0 aliphatic rings. The Morgan fingerprint density at radius 1 is 1.35 bits per heavy atom. The lowest BCUT2D eigenvalue weighted by Gasteiger charge is -2.09. The van der Waals surface area contributed by atoms with Gasteiger partial charge in [0.2, 0.25) is 0 Å². The Hall–Kier alpha value is -2.28. The molecule has 0 aliphatic carbocycles. The SMILES string of the molecule is Bc1cccnc1COc1cc(F)ccc1C#CCC. The molecule has 0 spiro atoms. The van der Waals surface area contributed by atoms with Crippen molar-refractivity contribution < 1.29 is 9.13 Å². The maximum absolute atomic E-state index is 13.3. The van der Waals surface area contributed by atoms with Gasteiger partial charge in [0.05, 0.1) is 11.3 Å². The van der Waals surface area contributed by atoms with E-state index >= 15 is 0 Å². The molecule has 0 aliphatic heterocycles. The quantitative estimate of drug-likeness (QED) is 0.625. The van der Waals surface area contributed by atoms with Crippen LogP contribution in [0.4, 0.5) is 4.39 Å². The second-order valence-electron chi connectivity index (χ2n) is 4.35. The Bertz CT molecular complexity index is 661. The van der Waals surface area contributed by atoms with E-state index in [0.29, 0.717) is 17.9 Å². The van der Waals surface area contributed by atoms with E-state index in [1.807, 2.05) is 26.9 Å². The van der Waals surface area contributed by atoms with Crippen LogP contribution in [0.1, 0.15) is 24.6 Å². The van der Waals surface area contributed by atoms with Crippen LogP contribution in [0.3, 0.4) is 0 Å². The number of hydrogen-bond acceptors (Lipinski definition) is 2. The van der Waals surface area contributed by atoms with Gasteiger partial charge in [-0.3, -0.25) is 4.98 Å². The van der Waals surface area contributed by atoms with Gasteiger partial charge in [-0.05, 0) is 18.2 Å². The summed E-state index contributed by atoms with van der Waals surface area (Å²) >= 11 is 0. The van der Waals surface area contributed by atoms with E-state index < -0.39 is 0 Å². The highest BCUT2D eigenvalue weighted by Gasteiger charge is 2.06. The van der Waals surface area contributed by atoms with Crippen molar-refractivity contribution in [3.05, 3.63) is 53.6 Å². The third-order valence-electron chi connectivity index (χ3n) is 2.83. The smallest absolute Gasteiger partial charge is 0.141 e. The van der Waals surface area contributed by atoms with Crippen molar-refractivity contribution >= 4 is 13.3 Å². The van der Waals surface area contributed by atoms with Crippen LogP contribution in [0, 0.1) is 17.7 Å². The van der Waals surface area contributed by atoms with Crippen LogP contribution in [0.2, 0.25) is 0 Å². The first kappa shape index (κ1) is 14.1. The summed E-state index contributed by atoms with van der Waals surface area (Å²) in [4.78, 5) is 4.25. The summed E-state index contributed by atoms with van der Waals surface area (Å²) < 4.78 is 19.0. The summed E-state index contributed by atoms with van der Waals surface area (Å²) in [6.07, 6.45) is 2.46. The normalized spacial score (nSPS) is 9.70. The van der Waals surface area contributed by atoms with Crippen molar-refractivity contribution in [3.8, 4) is 17.6 Å². The first-order valence-corrected chi connectivity index (χ1v) is 6.52. The average Bonchev–Trinajstić information content (AvgIpc) is 2.45. The molecule has 0 amide bonds. The van der Waals surface area contributed by atoms with E-state index in [2.05, 4.69) is 16.8 Å². The molecule has 0 atom stereocenters. The van der Waals surface area contributed by atoms with Gasteiger partial charge in [-0.1, -0.05) is 30.3 Å². The number of hydrogen-bond donors (Lipinski definition) is 0. The number of pyridine rings is 1. The maximum Gasteiger partial charge on any atom is 0.141 e. The molecule has 0 unspecified atom stereocenters. The molecule has 0 fully saturated rings. The minimum atomic E-state index is -0.334. The van der Waals surface area contributed by atoms with E-state index in [0.717, 1.165) is 17.6 Å². The number of benzene rings is 1. The summed E-state index contributed by atoms with van der Waals surface area (Å²) in [7, 11) is 1.97. The first-order chi connectivity index (χ1) is 9.70. The number of aromatic nitrogens is 1. The largest absolute Gasteiger partial charge is 0.486 e. The Morgan fingerprint density at radius 2 is 2.20 bits per heavy atom. The van der Waals surface area contributed by atoms with Crippen LogP contribution < -0.4 is 10.2 Å². The Kier molecular flexibility index (Phi) is 4.78. The summed E-state index contributed by atoms with van der Waals surface area (Å²) in [6.45, 7) is 2.27. The van der Waals surface area contributed by atoms with Crippen molar-refractivity contribution in [2.24, 2.45) is 0 Å². The Morgan fingerprint density at radius 3 is 2.95 bits per heavy atom. The highest BCUT2D eigenvalue weighted by molar-refractivity contribution is 6.33. The van der Waals surface area contributed by atoms with E-state index in [1.165, 1.54) is 12.1 Å². The Labute approximate surface area is 119 Å². The summed E-state index contributed by atoms with van der Waals surface area (Å²) in [6, 6.07) is 8.23. The molecule has 4 heteroatoms. The number of rotatable bonds is 3. The minimum absolute atomic E-state index is 0.303. The molecule has 0 saturated carbocycles. The molecule has 100 valence electrons. The highest BCUT2D eigenvalue weighted by atomic mass is 19.1. The lowest BCUT2D eigenvalue weighted by Crippen LogP contribution is -2.14. The van der Waals surface area contributed by atoms with Crippen molar-refractivity contribution in [1.82, 2.24) is 4.98 Å². The maximum atomic E-state index is 13.3. The van der Waals surface area contributed by atoms with Crippen molar-refractivity contribution in [2.75, 3.05) is 0 Å². The molecular formula is C16H15BFNO. The number of halogens is 1. The van der Waals surface area contributed by atoms with Gasteiger partial charge < -0.3 is 4.74 Å². The molecule has 20 heavy (non-hydrogen) atoms. The molecule has 0 N–H and O–H groups in total. The van der Waals surface area contributed by atoms with E-state index in [1.54, 1.807) is 12.3 Å². The van der Waals surface area contributed by atoms with Gasteiger partial charge in [0, 0.05) is 18.7 Å². The van der Waals surface area contributed by atoms with Gasteiger partial charge in [0.1, 0.15) is 26.0 Å². The molecule has 0 radical (unpaired) electrons. The summed E-state index contributed by atoms with van der Waals surface area (Å²) in [5, 5.41) is 0. The van der Waals surface area contributed by atoms with Gasteiger partial charge in [0.25, 0.3) is 0 Å². The van der Waals surface area contributed by atoms with Gasteiger partial charge in [0.15, 0.2) is 0 Å². The van der Waals surface area contributed by atoms with Crippen LogP contribution in [-0.2, 0) is 6.61 Å². The van der Waals surface area contributed by atoms with Gasteiger partial charge in [-0.2, -0.15) is 0 Å². The van der Waals surface area contributed by atoms with Crippen LogP contribution >= 0.6 is 0 Å². The van der Waals surface area contributed by atoms with Crippen LogP contribution in [-0.4, -0.2) is 12.8 Å². The average molecular weight is 267 g/mol. The Balaban J connectivity index is 2.20. The second kappa shape index (κ2) is 6.77. The third kappa shape index (κ3) is 3.61. The van der Waals surface area contributed by atoms with Crippen molar-refractivity contribution in [3.63, 3.8) is 0 Å². The standard InChI is InChI=1S/C16H15BFNO/c1-2-3-5-12-7-8-13(18)10-16(12)20-11-15-14(17)6-4-9-19-15/h4,6-10H,2,11,17H2,1H3. The highest BCUT2D eigenvalue weighted by Crippen LogP contribution is 2.20. The zero-order chi connectivity index (χ0) is 14.4. The topological polar surface area (TPSA) is 22.1 Å². The van der Waals surface area contributed by atoms with Crippen LogP contribution in [0.15, 0.2) is 36.5 Å². The van der Waals surface area contributed by atoms with Crippen LogP contribution in [0.5, 0.6) is 5.75 Å². The van der Waals surface area contributed by atoms with Crippen LogP contribution in [0.25, 0.3) is 0 Å². The predicted octanol–water partition coefficient (Wildman–Crippen LogP) is 1.82. The zero-order valence-corrected chi connectivity index (χ0v) is 11.6. The van der Waals surface area contributed by atoms with Gasteiger partial charge in [-0.25, -0.2) is 4.39 Å². The van der Waals surface area contributed by atoms with E-state index in [9.17, 15) is 4.39 Å². The molecule has 1 aromatic carbocycles. The zero-order valence-electron chi connectivity index (χ0n) is 11.6. The molecule has 0 bridgehead atoms. The molecule has 2 rings (SSSR count). The monoisotopic (exact) mass is 267 g/mol. The molecule has 0 saturated heterocycles. The molecule has 2 aromatic rings. The summed E-state index contributed by atoms with van der Waals surface area (Å²) in [5.74, 6) is 6.07. The summed E-state index contributed by atoms with van der Waals surface area (Å²) in [5.41, 5.74) is 2.58. The van der Waals surface area contributed by atoms with E-state index in [-0.39, 0.29) is 5.82 Å². The van der Waals surface area contributed by atoms with E-state index in [4.69, 9.17) is 4.74 Å². The predicted molar refractivity (Wildman–Crippen MR) is 80.3 cm³/mol. The van der Waals surface area contributed by atoms with Gasteiger partial charge in [-0.15, -0.1) is 0 Å². The lowest BCUT2D eigenvalue weighted by atomic mass is 9.95.